The van der Waals surface area contributed by atoms with Crippen molar-refractivity contribution >= 4 is 17.3 Å². The molecule has 0 aromatic carbocycles. The third-order valence-corrected chi connectivity index (χ3v) is 3.17. The molecule has 1 saturated heterocycles. The van der Waals surface area contributed by atoms with Crippen LogP contribution in [0.1, 0.15) is 12.5 Å². The first-order chi connectivity index (χ1) is 6.65. The zero-order valence-electron chi connectivity index (χ0n) is 8.15. The van der Waals surface area contributed by atoms with Crippen molar-refractivity contribution in [3.8, 4) is 0 Å². The van der Waals surface area contributed by atoms with Crippen LogP contribution in [0, 0.1) is 0 Å². The molecule has 0 radical (unpaired) electrons. The second-order valence-corrected chi connectivity index (χ2v) is 4.42. The number of ether oxygens (including phenoxy) is 2. The van der Waals surface area contributed by atoms with E-state index in [0.717, 1.165) is 6.42 Å². The molecule has 1 aliphatic rings. The molecule has 2 unspecified atom stereocenters. The number of hydrogen-bond donors (Lipinski definition) is 0. The zero-order chi connectivity index (χ0) is 10.2. The lowest BCUT2D eigenvalue weighted by atomic mass is 10.00. The summed E-state index contributed by atoms with van der Waals surface area (Å²) in [7, 11) is 1.38. The Kier molecular flexibility index (Phi) is 2.33. The maximum absolute atomic E-state index is 11.2. The molecule has 76 valence electrons. The van der Waals surface area contributed by atoms with Gasteiger partial charge in [0, 0.05) is 6.42 Å². The van der Waals surface area contributed by atoms with Gasteiger partial charge < -0.3 is 9.47 Å². The quantitative estimate of drug-likeness (QED) is 0.564. The molecule has 1 aromatic rings. The predicted octanol–water partition coefficient (Wildman–Crippen LogP) is 1.62. The molecule has 0 bridgehead atoms. The Hall–Kier alpha value is -0.870. The highest BCUT2D eigenvalue weighted by Crippen LogP contribution is 2.40. The van der Waals surface area contributed by atoms with Gasteiger partial charge in [-0.2, -0.15) is 11.3 Å². The summed E-state index contributed by atoms with van der Waals surface area (Å²) in [6.45, 7) is 1.94. The van der Waals surface area contributed by atoms with Crippen LogP contribution in [0.25, 0.3) is 0 Å². The van der Waals surface area contributed by atoms with Crippen LogP contribution in [0.15, 0.2) is 16.8 Å². The fourth-order valence-electron chi connectivity index (χ4n) is 1.57. The molecule has 4 heteroatoms. The van der Waals surface area contributed by atoms with E-state index in [9.17, 15) is 4.79 Å². The molecule has 2 rings (SSSR count). The van der Waals surface area contributed by atoms with Crippen molar-refractivity contribution in [1.29, 1.82) is 0 Å². The fraction of sp³-hybridized carbons (Fsp3) is 0.500. The van der Waals surface area contributed by atoms with Gasteiger partial charge >= 0.3 is 5.97 Å². The molecule has 1 aliphatic heterocycles. The Bertz CT molecular complexity index is 333. The van der Waals surface area contributed by atoms with Gasteiger partial charge in [-0.3, -0.25) is 0 Å². The molecular formula is C10H12O3S. The van der Waals surface area contributed by atoms with Gasteiger partial charge in [-0.25, -0.2) is 4.79 Å². The molecule has 0 spiro atoms. The molecule has 2 heterocycles. The van der Waals surface area contributed by atoms with Gasteiger partial charge in [-0.05, 0) is 29.3 Å². The van der Waals surface area contributed by atoms with E-state index in [1.165, 1.54) is 12.7 Å². The van der Waals surface area contributed by atoms with Crippen molar-refractivity contribution < 1.29 is 14.3 Å². The number of methoxy groups -OCH3 is 1. The molecule has 1 aromatic heterocycles. The summed E-state index contributed by atoms with van der Waals surface area (Å²) in [5.74, 6) is -0.275. The third-order valence-electron chi connectivity index (χ3n) is 2.43. The molecule has 0 amide bonds. The normalized spacial score (nSPS) is 30.0. The predicted molar refractivity (Wildman–Crippen MR) is 53.3 cm³/mol. The standard InChI is InChI=1S/C10H12O3S/c1-10(5-7-3-4-14-6-7)8(13-10)9(11)12-2/h3-4,6,8H,5H2,1-2H3. The Balaban J connectivity index is 1.98. The van der Waals surface area contributed by atoms with E-state index in [0.29, 0.717) is 0 Å². The molecule has 0 saturated carbocycles. The molecule has 2 atom stereocenters. The number of esters is 1. The topological polar surface area (TPSA) is 38.8 Å². The van der Waals surface area contributed by atoms with Gasteiger partial charge in [-0.15, -0.1) is 0 Å². The lowest BCUT2D eigenvalue weighted by molar-refractivity contribution is -0.142. The lowest BCUT2D eigenvalue weighted by Crippen LogP contribution is -2.20. The number of thiophene rings is 1. The smallest absolute Gasteiger partial charge is 0.338 e. The first-order valence-corrected chi connectivity index (χ1v) is 5.37. The Morgan fingerprint density at radius 1 is 1.79 bits per heavy atom. The van der Waals surface area contributed by atoms with Gasteiger partial charge in [0.25, 0.3) is 0 Å². The largest absolute Gasteiger partial charge is 0.467 e. The van der Waals surface area contributed by atoms with E-state index in [2.05, 4.69) is 10.1 Å². The summed E-state index contributed by atoms with van der Waals surface area (Å²) in [5, 5.41) is 4.09. The van der Waals surface area contributed by atoms with E-state index in [-0.39, 0.29) is 17.7 Å². The SMILES string of the molecule is COC(=O)C1OC1(C)Cc1ccsc1. The molecule has 1 fully saturated rings. The second kappa shape index (κ2) is 3.37. The summed E-state index contributed by atoms with van der Waals surface area (Å²) in [6, 6.07) is 2.05. The zero-order valence-corrected chi connectivity index (χ0v) is 8.97. The van der Waals surface area contributed by atoms with Crippen molar-refractivity contribution in [2.75, 3.05) is 7.11 Å². The highest BCUT2D eigenvalue weighted by atomic mass is 32.1. The van der Waals surface area contributed by atoms with Gasteiger partial charge in [0.1, 0.15) is 5.60 Å². The van der Waals surface area contributed by atoms with Crippen LogP contribution >= 0.6 is 11.3 Å². The maximum Gasteiger partial charge on any atom is 0.338 e. The van der Waals surface area contributed by atoms with Crippen LogP contribution < -0.4 is 0 Å². The number of carbonyl (C=O) groups is 1. The third kappa shape index (κ3) is 1.67. The van der Waals surface area contributed by atoms with Crippen molar-refractivity contribution in [3.63, 3.8) is 0 Å². The van der Waals surface area contributed by atoms with Crippen molar-refractivity contribution in [1.82, 2.24) is 0 Å². The van der Waals surface area contributed by atoms with Crippen molar-refractivity contribution in [2.24, 2.45) is 0 Å². The van der Waals surface area contributed by atoms with E-state index < -0.39 is 0 Å². The monoisotopic (exact) mass is 212 g/mol. The van der Waals surface area contributed by atoms with Gasteiger partial charge in [-0.1, -0.05) is 0 Å². The number of carbonyl (C=O) groups excluding carboxylic acids is 1. The minimum Gasteiger partial charge on any atom is -0.467 e. The van der Waals surface area contributed by atoms with Crippen molar-refractivity contribution in [3.05, 3.63) is 22.4 Å². The number of hydrogen-bond acceptors (Lipinski definition) is 4. The lowest BCUT2D eigenvalue weighted by Gasteiger charge is -2.02. The molecular weight excluding hydrogens is 200 g/mol. The first kappa shape index (κ1) is 9.68. The first-order valence-electron chi connectivity index (χ1n) is 4.42. The Morgan fingerprint density at radius 2 is 2.57 bits per heavy atom. The van der Waals surface area contributed by atoms with Crippen LogP contribution in [0.2, 0.25) is 0 Å². The average Bonchev–Trinajstić information content (AvgIpc) is 2.62. The molecule has 3 nitrogen and oxygen atoms in total. The highest BCUT2D eigenvalue weighted by molar-refractivity contribution is 7.07. The van der Waals surface area contributed by atoms with Crippen molar-refractivity contribution in [2.45, 2.75) is 25.0 Å². The summed E-state index contributed by atoms with van der Waals surface area (Å²) in [4.78, 5) is 11.2. The van der Waals surface area contributed by atoms with E-state index in [1.54, 1.807) is 11.3 Å². The number of epoxide rings is 1. The minimum atomic E-state index is -0.382. The molecule has 0 aliphatic carbocycles. The van der Waals surface area contributed by atoms with E-state index >= 15 is 0 Å². The van der Waals surface area contributed by atoms with Gasteiger partial charge in [0.15, 0.2) is 6.10 Å². The summed E-state index contributed by atoms with van der Waals surface area (Å²) < 4.78 is 9.99. The van der Waals surface area contributed by atoms with Crippen LogP contribution in [0.5, 0.6) is 0 Å². The number of rotatable bonds is 3. The minimum absolute atomic E-state index is 0.275. The fourth-order valence-corrected chi connectivity index (χ4v) is 2.24. The summed E-state index contributed by atoms with van der Waals surface area (Å²) in [5.41, 5.74) is 0.859. The molecule has 0 N–H and O–H groups in total. The van der Waals surface area contributed by atoms with Crippen LogP contribution in [-0.4, -0.2) is 24.8 Å². The Morgan fingerprint density at radius 3 is 3.14 bits per heavy atom. The summed E-state index contributed by atoms with van der Waals surface area (Å²) >= 11 is 1.65. The van der Waals surface area contributed by atoms with E-state index in [4.69, 9.17) is 4.74 Å². The highest BCUT2D eigenvalue weighted by Gasteiger charge is 2.57. The summed E-state index contributed by atoms with van der Waals surface area (Å²) in [6.07, 6.45) is 0.392. The van der Waals surface area contributed by atoms with E-state index in [1.807, 2.05) is 18.4 Å². The average molecular weight is 212 g/mol. The second-order valence-electron chi connectivity index (χ2n) is 3.64. The molecule has 14 heavy (non-hydrogen) atoms. The van der Waals surface area contributed by atoms with Gasteiger partial charge in [0.2, 0.25) is 0 Å². The van der Waals surface area contributed by atoms with Gasteiger partial charge in [0.05, 0.1) is 7.11 Å². The Labute approximate surface area is 86.6 Å². The van der Waals surface area contributed by atoms with Crippen LogP contribution in [0.3, 0.4) is 0 Å². The van der Waals surface area contributed by atoms with Crippen LogP contribution in [-0.2, 0) is 20.7 Å². The van der Waals surface area contributed by atoms with Crippen LogP contribution in [0.4, 0.5) is 0 Å². The maximum atomic E-state index is 11.2.